The van der Waals surface area contributed by atoms with Crippen LogP contribution in [-0.2, 0) is 18.9 Å². The highest BCUT2D eigenvalue weighted by Crippen LogP contribution is 2.28. The van der Waals surface area contributed by atoms with E-state index in [9.17, 15) is 4.79 Å². The summed E-state index contributed by atoms with van der Waals surface area (Å²) in [6.45, 7) is 4.70. The molecule has 0 saturated heterocycles. The average molecular weight is 340 g/mol. The Morgan fingerprint density at radius 1 is 0.625 bits per heavy atom. The number of hydrogen-bond donors (Lipinski definition) is 0. The van der Waals surface area contributed by atoms with Crippen LogP contribution in [0.5, 0.6) is 11.5 Å². The predicted octanol–water partition coefficient (Wildman–Crippen LogP) is 1.34. The van der Waals surface area contributed by atoms with E-state index in [1.807, 2.05) is 0 Å². The van der Waals surface area contributed by atoms with E-state index in [1.54, 1.807) is 18.2 Å². The molecule has 7 heteroatoms. The molecule has 0 spiro atoms. The van der Waals surface area contributed by atoms with E-state index in [0.29, 0.717) is 83.1 Å². The highest BCUT2D eigenvalue weighted by molar-refractivity contribution is 5.76. The van der Waals surface area contributed by atoms with E-state index in [0.717, 1.165) is 6.29 Å². The summed E-state index contributed by atoms with van der Waals surface area (Å²) < 4.78 is 32.9. The van der Waals surface area contributed by atoms with Gasteiger partial charge in [0.1, 0.15) is 19.5 Å². The number of carbonyl (C=O) groups excluding carboxylic acids is 1. The van der Waals surface area contributed by atoms with Crippen LogP contribution in [0.2, 0.25) is 0 Å². The van der Waals surface area contributed by atoms with Crippen molar-refractivity contribution in [1.82, 2.24) is 0 Å². The Labute approximate surface area is 141 Å². The van der Waals surface area contributed by atoms with Gasteiger partial charge in [-0.25, -0.2) is 0 Å². The first kappa shape index (κ1) is 18.7. The van der Waals surface area contributed by atoms with Crippen molar-refractivity contribution in [3.8, 4) is 11.5 Å². The quantitative estimate of drug-likeness (QED) is 0.714. The molecule has 1 aromatic rings. The maximum absolute atomic E-state index is 10.9. The average Bonchev–Trinajstić information content (AvgIpc) is 2.61. The second kappa shape index (κ2) is 11.8. The fraction of sp³-hybridized carbons (Fsp3) is 0.588. The van der Waals surface area contributed by atoms with Crippen LogP contribution in [0.3, 0.4) is 0 Å². The van der Waals surface area contributed by atoms with Crippen molar-refractivity contribution in [2.24, 2.45) is 0 Å². The largest absolute Gasteiger partial charge is 0.487 e. The minimum absolute atomic E-state index is 0.359. The maximum Gasteiger partial charge on any atom is 0.162 e. The Hall–Kier alpha value is -1.67. The molecule has 1 aromatic carbocycles. The molecule has 0 radical (unpaired) electrons. The van der Waals surface area contributed by atoms with Crippen LogP contribution in [0.4, 0.5) is 0 Å². The van der Waals surface area contributed by atoms with Gasteiger partial charge in [-0.15, -0.1) is 0 Å². The first-order valence-electron chi connectivity index (χ1n) is 8.06. The van der Waals surface area contributed by atoms with Gasteiger partial charge in [0.05, 0.1) is 52.9 Å². The van der Waals surface area contributed by atoms with Gasteiger partial charge in [0.2, 0.25) is 0 Å². The van der Waals surface area contributed by atoms with Crippen molar-refractivity contribution in [2.75, 3.05) is 66.1 Å². The molecule has 0 fully saturated rings. The lowest BCUT2D eigenvalue weighted by molar-refractivity contribution is -0.00841. The van der Waals surface area contributed by atoms with Crippen LogP contribution in [0.25, 0.3) is 0 Å². The Balaban J connectivity index is 1.89. The highest BCUT2D eigenvalue weighted by Gasteiger charge is 2.07. The van der Waals surface area contributed by atoms with E-state index in [4.69, 9.17) is 28.4 Å². The Bertz CT molecular complexity index is 478. The Morgan fingerprint density at radius 3 is 1.58 bits per heavy atom. The van der Waals surface area contributed by atoms with E-state index < -0.39 is 0 Å². The number of benzene rings is 1. The zero-order chi connectivity index (χ0) is 16.9. The molecule has 2 rings (SSSR count). The van der Waals surface area contributed by atoms with Gasteiger partial charge in [-0.1, -0.05) is 0 Å². The molecule has 0 atom stereocenters. The normalized spacial score (nSPS) is 19.0. The molecule has 24 heavy (non-hydrogen) atoms. The Morgan fingerprint density at radius 2 is 1.08 bits per heavy atom. The van der Waals surface area contributed by atoms with Crippen molar-refractivity contribution in [1.29, 1.82) is 0 Å². The minimum Gasteiger partial charge on any atom is -0.487 e. The number of fused-ring (bicyclic) bond motifs is 1. The molecule has 0 amide bonds. The lowest BCUT2D eigenvalue weighted by atomic mass is 10.2. The molecule has 134 valence electrons. The van der Waals surface area contributed by atoms with Crippen LogP contribution < -0.4 is 9.47 Å². The first-order valence-corrected chi connectivity index (χ1v) is 8.06. The molecule has 0 unspecified atom stereocenters. The van der Waals surface area contributed by atoms with Crippen molar-refractivity contribution >= 4 is 6.29 Å². The SMILES string of the molecule is O=Cc1ccc2c(c1)OCCOCCOCCOCCOCCO2. The zero-order valence-corrected chi connectivity index (χ0v) is 13.7. The molecule has 0 bridgehead atoms. The first-order chi connectivity index (χ1) is 11.9. The van der Waals surface area contributed by atoms with E-state index >= 15 is 0 Å². The summed E-state index contributed by atoms with van der Waals surface area (Å²) in [7, 11) is 0. The van der Waals surface area contributed by atoms with Crippen LogP contribution in [0.15, 0.2) is 18.2 Å². The molecule has 1 aliphatic heterocycles. The highest BCUT2D eigenvalue weighted by atomic mass is 16.6. The van der Waals surface area contributed by atoms with Gasteiger partial charge >= 0.3 is 0 Å². The third-order valence-electron chi connectivity index (χ3n) is 3.19. The molecular formula is C17H24O7. The van der Waals surface area contributed by atoms with Gasteiger partial charge in [-0.05, 0) is 18.2 Å². The van der Waals surface area contributed by atoms with E-state index in [1.165, 1.54) is 0 Å². The fourth-order valence-corrected chi connectivity index (χ4v) is 2.01. The molecule has 0 aromatic heterocycles. The molecule has 0 saturated carbocycles. The van der Waals surface area contributed by atoms with Crippen LogP contribution >= 0.6 is 0 Å². The van der Waals surface area contributed by atoms with Gasteiger partial charge in [-0.2, -0.15) is 0 Å². The zero-order valence-electron chi connectivity index (χ0n) is 13.7. The molecule has 0 aliphatic carbocycles. The van der Waals surface area contributed by atoms with Crippen molar-refractivity contribution < 1.29 is 33.2 Å². The second-order valence-electron chi connectivity index (χ2n) is 4.97. The third kappa shape index (κ3) is 7.27. The topological polar surface area (TPSA) is 72.5 Å². The second-order valence-corrected chi connectivity index (χ2v) is 4.97. The third-order valence-corrected chi connectivity index (χ3v) is 3.19. The van der Waals surface area contributed by atoms with Crippen molar-refractivity contribution in [3.63, 3.8) is 0 Å². The maximum atomic E-state index is 10.9. The number of rotatable bonds is 1. The lowest BCUT2D eigenvalue weighted by Gasteiger charge is -2.14. The summed E-state index contributed by atoms with van der Waals surface area (Å²) in [5, 5.41) is 0. The summed E-state index contributed by atoms with van der Waals surface area (Å²) >= 11 is 0. The van der Waals surface area contributed by atoms with Crippen LogP contribution in [-0.4, -0.2) is 72.4 Å². The van der Waals surface area contributed by atoms with Gasteiger partial charge in [0.25, 0.3) is 0 Å². The van der Waals surface area contributed by atoms with Gasteiger partial charge < -0.3 is 28.4 Å². The number of hydrogen-bond acceptors (Lipinski definition) is 7. The van der Waals surface area contributed by atoms with Crippen molar-refractivity contribution in [2.45, 2.75) is 0 Å². The molecule has 0 N–H and O–H groups in total. The van der Waals surface area contributed by atoms with Gasteiger partial charge in [0, 0.05) is 5.56 Å². The molecule has 1 heterocycles. The summed E-state index contributed by atoms with van der Waals surface area (Å²) in [6.07, 6.45) is 0.770. The molecule has 7 nitrogen and oxygen atoms in total. The molecule has 1 aliphatic rings. The summed E-state index contributed by atoms with van der Waals surface area (Å²) in [6, 6.07) is 5.05. The predicted molar refractivity (Wildman–Crippen MR) is 86.1 cm³/mol. The van der Waals surface area contributed by atoms with Gasteiger partial charge in [0.15, 0.2) is 11.5 Å². The number of carbonyl (C=O) groups is 1. The monoisotopic (exact) mass is 340 g/mol. The Kier molecular flexibility index (Phi) is 9.18. The van der Waals surface area contributed by atoms with Crippen LogP contribution in [0, 0.1) is 0 Å². The minimum atomic E-state index is 0.359. The summed E-state index contributed by atoms with van der Waals surface area (Å²) in [5.41, 5.74) is 0.530. The number of ether oxygens (including phenoxy) is 6. The standard InChI is InChI=1S/C17H24O7/c18-14-15-1-2-16-17(13-15)24-12-10-22-8-6-20-4-3-19-5-7-21-9-11-23-16/h1-2,13-14H,3-12H2. The molecular weight excluding hydrogens is 316 g/mol. The lowest BCUT2D eigenvalue weighted by Crippen LogP contribution is -2.16. The smallest absolute Gasteiger partial charge is 0.162 e. The summed E-state index contributed by atoms with van der Waals surface area (Å²) in [4.78, 5) is 10.9. The van der Waals surface area contributed by atoms with Crippen LogP contribution in [0.1, 0.15) is 10.4 Å². The van der Waals surface area contributed by atoms with E-state index in [-0.39, 0.29) is 0 Å². The number of aldehydes is 1. The summed E-state index contributed by atoms with van der Waals surface area (Å²) in [5.74, 6) is 1.09. The van der Waals surface area contributed by atoms with Crippen molar-refractivity contribution in [3.05, 3.63) is 23.8 Å². The van der Waals surface area contributed by atoms with E-state index in [2.05, 4.69) is 0 Å². The van der Waals surface area contributed by atoms with Gasteiger partial charge in [-0.3, -0.25) is 4.79 Å². The fourth-order valence-electron chi connectivity index (χ4n) is 2.01.